The highest BCUT2D eigenvalue weighted by molar-refractivity contribution is 9.10. The van der Waals surface area contributed by atoms with Crippen LogP contribution in [-0.4, -0.2) is 18.9 Å². The molecule has 0 bridgehead atoms. The van der Waals surface area contributed by atoms with Crippen LogP contribution >= 0.6 is 27.5 Å². The molecule has 1 heterocycles. The van der Waals surface area contributed by atoms with Crippen molar-refractivity contribution in [2.24, 2.45) is 4.99 Å². The van der Waals surface area contributed by atoms with E-state index in [2.05, 4.69) is 20.9 Å². The number of ether oxygens (including phenoxy) is 1. The van der Waals surface area contributed by atoms with Crippen LogP contribution in [0.1, 0.15) is 11.1 Å². The van der Waals surface area contributed by atoms with E-state index in [1.807, 2.05) is 66.7 Å². The molecule has 0 aliphatic carbocycles. The lowest BCUT2D eigenvalue weighted by atomic mass is 10.1. The van der Waals surface area contributed by atoms with Crippen LogP contribution in [0.15, 0.2) is 88.0 Å². The van der Waals surface area contributed by atoms with Gasteiger partial charge in [-0.15, -0.1) is 0 Å². The normalized spacial score (nSPS) is 15.0. The Morgan fingerprint density at radius 3 is 2.48 bits per heavy atom. The van der Waals surface area contributed by atoms with Crippen LogP contribution in [0.25, 0.3) is 6.08 Å². The van der Waals surface area contributed by atoms with Crippen molar-refractivity contribution in [3.05, 3.63) is 99.1 Å². The van der Waals surface area contributed by atoms with Gasteiger partial charge in [0.05, 0.1) is 17.8 Å². The van der Waals surface area contributed by atoms with Crippen molar-refractivity contribution >= 4 is 51.0 Å². The molecule has 1 aliphatic heterocycles. The highest BCUT2D eigenvalue weighted by Gasteiger charge is 2.33. The Kier molecular flexibility index (Phi) is 5.51. The van der Waals surface area contributed by atoms with Crippen LogP contribution in [0.2, 0.25) is 5.02 Å². The van der Waals surface area contributed by atoms with Crippen LogP contribution in [-0.2, 0) is 4.79 Å². The third-order valence-electron chi connectivity index (χ3n) is 4.46. The van der Waals surface area contributed by atoms with Crippen LogP contribution in [0, 0.1) is 0 Å². The molecule has 3 aromatic carbocycles. The lowest BCUT2D eigenvalue weighted by Gasteiger charge is -2.19. The maximum Gasteiger partial charge on any atom is 0.282 e. The van der Waals surface area contributed by atoms with Crippen LogP contribution < -0.4 is 9.64 Å². The predicted octanol–water partition coefficient (Wildman–Crippen LogP) is 5.95. The third kappa shape index (κ3) is 3.97. The fourth-order valence-electron chi connectivity index (χ4n) is 3.05. The predicted molar refractivity (Wildman–Crippen MR) is 121 cm³/mol. The molecule has 144 valence electrons. The summed E-state index contributed by atoms with van der Waals surface area (Å²) in [7, 11) is 1.62. The molecule has 0 saturated heterocycles. The van der Waals surface area contributed by atoms with Gasteiger partial charge in [-0.2, -0.15) is 0 Å². The quantitative estimate of drug-likeness (QED) is 0.445. The monoisotopic (exact) mass is 466 g/mol. The standard InChI is InChI=1S/C23H16BrClN2O2/c1-29-18-11-9-15(10-12-18)13-21-23(28)27(17-6-4-5-16(24)14-17)22(26-21)19-7-2-3-8-20(19)25/h2-14H,1H3/b21-13+. The number of anilines is 1. The molecule has 0 unspecified atom stereocenters. The van der Waals surface area contributed by atoms with E-state index in [-0.39, 0.29) is 5.91 Å². The minimum Gasteiger partial charge on any atom is -0.497 e. The summed E-state index contributed by atoms with van der Waals surface area (Å²) in [5, 5.41) is 0.532. The Labute approximate surface area is 182 Å². The maximum absolute atomic E-state index is 13.3. The molecule has 1 amide bonds. The average Bonchev–Trinajstić information content (AvgIpc) is 3.05. The summed E-state index contributed by atoms with van der Waals surface area (Å²) in [5.41, 5.74) is 2.60. The van der Waals surface area contributed by atoms with E-state index in [4.69, 9.17) is 16.3 Å². The first kappa shape index (κ1) is 19.4. The molecule has 3 aromatic rings. The van der Waals surface area contributed by atoms with Gasteiger partial charge < -0.3 is 4.74 Å². The Balaban J connectivity index is 1.82. The van der Waals surface area contributed by atoms with Gasteiger partial charge >= 0.3 is 0 Å². The number of nitrogens with zero attached hydrogens (tertiary/aromatic N) is 2. The van der Waals surface area contributed by atoms with Gasteiger partial charge in [0.25, 0.3) is 5.91 Å². The molecule has 6 heteroatoms. The largest absolute Gasteiger partial charge is 0.497 e. The number of methoxy groups -OCH3 is 1. The highest BCUT2D eigenvalue weighted by Crippen LogP contribution is 2.31. The van der Waals surface area contributed by atoms with Gasteiger partial charge in [0.15, 0.2) is 0 Å². The lowest BCUT2D eigenvalue weighted by Crippen LogP contribution is -2.32. The summed E-state index contributed by atoms with van der Waals surface area (Å²) >= 11 is 9.89. The molecule has 1 aliphatic rings. The number of hydrogen-bond donors (Lipinski definition) is 0. The second kappa shape index (κ2) is 8.23. The second-order valence-electron chi connectivity index (χ2n) is 6.34. The first-order chi connectivity index (χ1) is 14.1. The number of aliphatic imine (C=N–C) groups is 1. The van der Waals surface area contributed by atoms with Gasteiger partial charge in [0.1, 0.15) is 17.3 Å². The molecule has 29 heavy (non-hydrogen) atoms. The molecule has 0 radical (unpaired) electrons. The average molecular weight is 468 g/mol. The second-order valence-corrected chi connectivity index (χ2v) is 7.66. The molecular weight excluding hydrogens is 452 g/mol. The van der Waals surface area contributed by atoms with Crippen molar-refractivity contribution in [2.75, 3.05) is 12.0 Å². The first-order valence-corrected chi connectivity index (χ1v) is 10.0. The molecule has 0 aromatic heterocycles. The zero-order valence-corrected chi connectivity index (χ0v) is 17.8. The number of carbonyl (C=O) groups is 1. The van der Waals surface area contributed by atoms with Gasteiger partial charge in [-0.25, -0.2) is 4.99 Å². The number of carbonyl (C=O) groups excluding carboxylic acids is 1. The van der Waals surface area contributed by atoms with E-state index < -0.39 is 0 Å². The fourth-order valence-corrected chi connectivity index (χ4v) is 3.66. The number of halogens is 2. The van der Waals surface area contributed by atoms with Crippen molar-refractivity contribution < 1.29 is 9.53 Å². The third-order valence-corrected chi connectivity index (χ3v) is 5.28. The van der Waals surface area contributed by atoms with Crippen molar-refractivity contribution in [3.8, 4) is 5.75 Å². The van der Waals surface area contributed by atoms with E-state index in [1.54, 1.807) is 24.2 Å². The van der Waals surface area contributed by atoms with Gasteiger partial charge in [-0.05, 0) is 54.1 Å². The van der Waals surface area contributed by atoms with E-state index in [1.165, 1.54) is 0 Å². The zero-order chi connectivity index (χ0) is 20.4. The Morgan fingerprint density at radius 1 is 1.03 bits per heavy atom. The van der Waals surface area contributed by atoms with Crippen molar-refractivity contribution in [1.82, 2.24) is 0 Å². The van der Waals surface area contributed by atoms with Gasteiger partial charge in [-0.3, -0.25) is 9.69 Å². The van der Waals surface area contributed by atoms with Crippen LogP contribution in [0.5, 0.6) is 5.75 Å². The zero-order valence-electron chi connectivity index (χ0n) is 15.5. The summed E-state index contributed by atoms with van der Waals surface area (Å²) in [6.45, 7) is 0. The van der Waals surface area contributed by atoms with E-state index in [9.17, 15) is 4.79 Å². The smallest absolute Gasteiger partial charge is 0.282 e. The maximum atomic E-state index is 13.3. The summed E-state index contributed by atoms with van der Waals surface area (Å²) in [6, 6.07) is 22.3. The Morgan fingerprint density at radius 2 is 1.79 bits per heavy atom. The highest BCUT2D eigenvalue weighted by atomic mass is 79.9. The van der Waals surface area contributed by atoms with E-state index >= 15 is 0 Å². The number of amides is 1. The van der Waals surface area contributed by atoms with Gasteiger partial charge in [0, 0.05) is 10.0 Å². The van der Waals surface area contributed by atoms with Crippen molar-refractivity contribution in [3.63, 3.8) is 0 Å². The van der Waals surface area contributed by atoms with Crippen molar-refractivity contribution in [1.29, 1.82) is 0 Å². The number of hydrogen-bond acceptors (Lipinski definition) is 3. The molecule has 4 nitrogen and oxygen atoms in total. The minimum absolute atomic E-state index is 0.214. The molecule has 4 rings (SSSR count). The number of rotatable bonds is 4. The van der Waals surface area contributed by atoms with Crippen molar-refractivity contribution in [2.45, 2.75) is 0 Å². The fraction of sp³-hybridized carbons (Fsp3) is 0.0435. The summed E-state index contributed by atoms with van der Waals surface area (Å²) < 4.78 is 6.06. The van der Waals surface area contributed by atoms with E-state index in [0.717, 1.165) is 15.8 Å². The first-order valence-electron chi connectivity index (χ1n) is 8.86. The summed E-state index contributed by atoms with van der Waals surface area (Å²) in [4.78, 5) is 19.5. The van der Waals surface area contributed by atoms with E-state index in [0.29, 0.717) is 27.8 Å². The molecule has 0 atom stereocenters. The summed E-state index contributed by atoms with van der Waals surface area (Å²) in [5.74, 6) is 1.04. The van der Waals surface area contributed by atoms with Gasteiger partial charge in [0.2, 0.25) is 0 Å². The number of benzene rings is 3. The molecule has 0 spiro atoms. The topological polar surface area (TPSA) is 41.9 Å². The summed E-state index contributed by atoms with van der Waals surface area (Å²) in [6.07, 6.45) is 1.76. The molecule has 0 saturated carbocycles. The van der Waals surface area contributed by atoms with Crippen LogP contribution in [0.4, 0.5) is 5.69 Å². The minimum atomic E-state index is -0.214. The SMILES string of the molecule is COc1ccc(/C=C2/N=C(c3ccccc3Cl)N(c3cccc(Br)c3)C2=O)cc1. The van der Waals surface area contributed by atoms with Crippen LogP contribution in [0.3, 0.4) is 0 Å². The van der Waals surface area contributed by atoms with Gasteiger partial charge in [-0.1, -0.05) is 57.9 Å². The Hall–Kier alpha value is -2.89. The molecule has 0 N–H and O–H groups in total. The Bertz CT molecular complexity index is 1140. The lowest BCUT2D eigenvalue weighted by molar-refractivity contribution is -0.113. The number of amidine groups is 1. The molecule has 0 fully saturated rings. The molecular formula is C23H16BrClN2O2.